The van der Waals surface area contributed by atoms with Gasteiger partial charge in [0.1, 0.15) is 5.01 Å². The molecule has 0 spiro atoms. The van der Waals surface area contributed by atoms with Crippen molar-refractivity contribution >= 4 is 11.3 Å². The molecular formula is C10H15F3N2OS. The normalized spacial score (nSPS) is 12.0. The van der Waals surface area contributed by atoms with Crippen molar-refractivity contribution in [3.8, 4) is 0 Å². The number of aromatic nitrogens is 1. The van der Waals surface area contributed by atoms with Gasteiger partial charge in [0.15, 0.2) is 0 Å². The molecule has 0 fully saturated rings. The van der Waals surface area contributed by atoms with Crippen LogP contribution >= 0.6 is 11.3 Å². The number of nitrogens with zero attached hydrogens (tertiary/aromatic N) is 1. The Bertz CT molecular complexity index is 328. The molecule has 0 aliphatic heterocycles. The number of nitrogens with one attached hydrogen (secondary N) is 1. The lowest BCUT2D eigenvalue weighted by molar-refractivity contribution is -0.138. The number of halogens is 3. The lowest BCUT2D eigenvalue weighted by atomic mass is 10.3. The standard InChI is InChI=1S/C10H15F3N2OS/c1-14-5-9-15-8(7-17-9)6-16-4-2-3-10(11,12)13/h7,14H,2-6H2,1H3. The molecule has 98 valence electrons. The van der Waals surface area contributed by atoms with Crippen molar-refractivity contribution < 1.29 is 17.9 Å². The van der Waals surface area contributed by atoms with Gasteiger partial charge in [-0.1, -0.05) is 0 Å². The maximum absolute atomic E-state index is 11.8. The highest BCUT2D eigenvalue weighted by atomic mass is 32.1. The van der Waals surface area contributed by atoms with E-state index in [1.807, 2.05) is 12.4 Å². The smallest absolute Gasteiger partial charge is 0.375 e. The van der Waals surface area contributed by atoms with Crippen LogP contribution in [0, 0.1) is 0 Å². The van der Waals surface area contributed by atoms with Crippen LogP contribution in [0.1, 0.15) is 23.5 Å². The first kappa shape index (κ1) is 14.4. The zero-order valence-corrected chi connectivity index (χ0v) is 10.3. The summed E-state index contributed by atoms with van der Waals surface area (Å²) in [6.45, 7) is 1.08. The van der Waals surface area contributed by atoms with Crippen molar-refractivity contribution in [3.63, 3.8) is 0 Å². The molecule has 0 aliphatic rings. The Labute approximate surface area is 102 Å². The molecule has 0 atom stereocenters. The third-order valence-electron chi connectivity index (χ3n) is 1.93. The maximum atomic E-state index is 11.8. The molecule has 3 nitrogen and oxygen atoms in total. The number of hydrogen-bond donors (Lipinski definition) is 1. The molecule has 1 aromatic rings. The van der Waals surface area contributed by atoms with E-state index < -0.39 is 12.6 Å². The summed E-state index contributed by atoms with van der Waals surface area (Å²) in [6.07, 6.45) is -4.89. The van der Waals surface area contributed by atoms with Gasteiger partial charge in [-0.25, -0.2) is 4.98 Å². The zero-order chi connectivity index (χ0) is 12.7. The van der Waals surface area contributed by atoms with E-state index in [-0.39, 0.29) is 19.6 Å². The van der Waals surface area contributed by atoms with Gasteiger partial charge in [0.25, 0.3) is 0 Å². The van der Waals surface area contributed by atoms with Crippen LogP contribution in [0.4, 0.5) is 13.2 Å². The number of rotatable bonds is 7. The fourth-order valence-corrected chi connectivity index (χ4v) is 1.99. The van der Waals surface area contributed by atoms with E-state index in [1.54, 1.807) is 0 Å². The van der Waals surface area contributed by atoms with Crippen LogP contribution in [-0.4, -0.2) is 24.8 Å². The summed E-state index contributed by atoms with van der Waals surface area (Å²) >= 11 is 1.51. The van der Waals surface area contributed by atoms with E-state index in [0.717, 1.165) is 10.7 Å². The third kappa shape index (κ3) is 6.60. The molecule has 17 heavy (non-hydrogen) atoms. The van der Waals surface area contributed by atoms with Crippen LogP contribution in [0.2, 0.25) is 0 Å². The second-order valence-corrected chi connectivity index (χ2v) is 4.48. The molecule has 7 heteroatoms. The van der Waals surface area contributed by atoms with Crippen molar-refractivity contribution in [2.75, 3.05) is 13.7 Å². The Balaban J connectivity index is 2.13. The summed E-state index contributed by atoms with van der Waals surface area (Å²) in [5.74, 6) is 0. The van der Waals surface area contributed by atoms with Crippen LogP contribution in [0.25, 0.3) is 0 Å². The number of ether oxygens (including phenoxy) is 1. The van der Waals surface area contributed by atoms with Gasteiger partial charge in [-0.3, -0.25) is 0 Å². The monoisotopic (exact) mass is 268 g/mol. The average molecular weight is 268 g/mol. The first-order chi connectivity index (χ1) is 8.01. The Morgan fingerprint density at radius 2 is 2.24 bits per heavy atom. The van der Waals surface area contributed by atoms with Crippen molar-refractivity contribution in [3.05, 3.63) is 16.1 Å². The largest absolute Gasteiger partial charge is 0.389 e. The molecule has 1 rings (SSSR count). The van der Waals surface area contributed by atoms with Gasteiger partial charge in [0, 0.05) is 25.0 Å². The first-order valence-corrected chi connectivity index (χ1v) is 6.11. The summed E-state index contributed by atoms with van der Waals surface area (Å²) in [7, 11) is 1.83. The van der Waals surface area contributed by atoms with E-state index >= 15 is 0 Å². The molecule has 0 bridgehead atoms. The first-order valence-electron chi connectivity index (χ1n) is 5.23. The quantitative estimate of drug-likeness (QED) is 0.772. The van der Waals surface area contributed by atoms with E-state index in [2.05, 4.69) is 10.3 Å². The van der Waals surface area contributed by atoms with Crippen LogP contribution in [0.5, 0.6) is 0 Å². The second-order valence-electron chi connectivity index (χ2n) is 3.53. The minimum atomic E-state index is -4.09. The summed E-state index contributed by atoms with van der Waals surface area (Å²) in [6, 6.07) is 0. The summed E-state index contributed by atoms with van der Waals surface area (Å²) in [5, 5.41) is 5.78. The topological polar surface area (TPSA) is 34.2 Å². The molecule has 0 amide bonds. The van der Waals surface area contributed by atoms with Gasteiger partial charge < -0.3 is 10.1 Å². The molecule has 0 radical (unpaired) electrons. The molecule has 0 saturated heterocycles. The average Bonchev–Trinajstić information content (AvgIpc) is 2.64. The lowest BCUT2D eigenvalue weighted by Gasteiger charge is -2.05. The molecule has 1 heterocycles. The van der Waals surface area contributed by atoms with Crippen molar-refractivity contribution in [2.45, 2.75) is 32.2 Å². The molecule has 0 saturated carbocycles. The van der Waals surface area contributed by atoms with Gasteiger partial charge in [-0.15, -0.1) is 11.3 Å². The van der Waals surface area contributed by atoms with Gasteiger partial charge >= 0.3 is 6.18 Å². The second kappa shape index (κ2) is 6.93. The summed E-state index contributed by atoms with van der Waals surface area (Å²) in [5.41, 5.74) is 0.771. The van der Waals surface area contributed by atoms with Gasteiger partial charge in [-0.05, 0) is 13.5 Å². The SMILES string of the molecule is CNCc1nc(COCCCC(F)(F)F)cs1. The van der Waals surface area contributed by atoms with Crippen LogP contribution in [-0.2, 0) is 17.9 Å². The molecule has 1 N–H and O–H groups in total. The van der Waals surface area contributed by atoms with Crippen LogP contribution < -0.4 is 5.32 Å². The minimum absolute atomic E-state index is 0.00297. The number of thiazole rings is 1. The molecule has 1 aromatic heterocycles. The van der Waals surface area contributed by atoms with E-state index in [1.165, 1.54) is 11.3 Å². The Hall–Kier alpha value is -0.660. The third-order valence-corrected chi connectivity index (χ3v) is 2.82. The summed E-state index contributed by atoms with van der Waals surface area (Å²) < 4.78 is 40.6. The molecular weight excluding hydrogens is 253 g/mol. The highest BCUT2D eigenvalue weighted by molar-refractivity contribution is 7.09. The maximum Gasteiger partial charge on any atom is 0.389 e. The fraction of sp³-hybridized carbons (Fsp3) is 0.700. The summed E-state index contributed by atoms with van der Waals surface area (Å²) in [4.78, 5) is 4.26. The van der Waals surface area contributed by atoms with E-state index in [9.17, 15) is 13.2 Å². The Kier molecular flexibility index (Phi) is 5.87. The predicted octanol–water partition coefficient (Wildman–Crippen LogP) is 2.72. The van der Waals surface area contributed by atoms with Gasteiger partial charge in [-0.2, -0.15) is 13.2 Å². The Morgan fingerprint density at radius 3 is 2.88 bits per heavy atom. The zero-order valence-electron chi connectivity index (χ0n) is 9.51. The highest BCUT2D eigenvalue weighted by Crippen LogP contribution is 2.21. The van der Waals surface area contributed by atoms with Crippen molar-refractivity contribution in [1.82, 2.24) is 10.3 Å². The highest BCUT2D eigenvalue weighted by Gasteiger charge is 2.25. The molecule has 0 aromatic carbocycles. The van der Waals surface area contributed by atoms with Gasteiger partial charge in [0.2, 0.25) is 0 Å². The molecule has 0 unspecified atom stereocenters. The molecule has 0 aliphatic carbocycles. The number of alkyl halides is 3. The number of hydrogen-bond acceptors (Lipinski definition) is 4. The van der Waals surface area contributed by atoms with Crippen LogP contribution in [0.3, 0.4) is 0 Å². The minimum Gasteiger partial charge on any atom is -0.375 e. The lowest BCUT2D eigenvalue weighted by Crippen LogP contribution is -2.09. The van der Waals surface area contributed by atoms with Crippen molar-refractivity contribution in [2.24, 2.45) is 0 Å². The fourth-order valence-electron chi connectivity index (χ4n) is 1.20. The van der Waals surface area contributed by atoms with E-state index in [0.29, 0.717) is 6.54 Å². The van der Waals surface area contributed by atoms with Crippen molar-refractivity contribution in [1.29, 1.82) is 0 Å². The predicted molar refractivity (Wildman–Crippen MR) is 59.8 cm³/mol. The Morgan fingerprint density at radius 1 is 1.47 bits per heavy atom. The van der Waals surface area contributed by atoms with Gasteiger partial charge in [0.05, 0.1) is 12.3 Å². The van der Waals surface area contributed by atoms with Crippen LogP contribution in [0.15, 0.2) is 5.38 Å². The van der Waals surface area contributed by atoms with E-state index in [4.69, 9.17) is 4.74 Å².